The van der Waals surface area contributed by atoms with Crippen molar-refractivity contribution < 1.29 is 4.39 Å². The Morgan fingerprint density at radius 3 is 2.83 bits per heavy atom. The van der Waals surface area contributed by atoms with Crippen molar-refractivity contribution in [2.45, 2.75) is 13.8 Å². The van der Waals surface area contributed by atoms with Gasteiger partial charge in [-0.3, -0.25) is 0 Å². The van der Waals surface area contributed by atoms with E-state index in [1.54, 1.807) is 24.0 Å². The molecule has 2 aromatic rings. The van der Waals surface area contributed by atoms with Crippen molar-refractivity contribution in [1.82, 2.24) is 15.3 Å². The topological polar surface area (TPSA) is 49.8 Å². The molecule has 0 bridgehead atoms. The van der Waals surface area contributed by atoms with E-state index in [0.29, 0.717) is 0 Å². The molecule has 6 heteroatoms. The number of hydrogen-bond donors (Lipinski definition) is 2. The zero-order chi connectivity index (χ0) is 17.4. The van der Waals surface area contributed by atoms with E-state index in [1.165, 1.54) is 17.8 Å². The average Bonchev–Trinajstić information content (AvgIpc) is 2.57. The van der Waals surface area contributed by atoms with Gasteiger partial charge >= 0.3 is 0 Å². The minimum absolute atomic E-state index is 0.490. The molecule has 0 atom stereocenters. The zero-order valence-corrected chi connectivity index (χ0v) is 14.8. The fourth-order valence-electron chi connectivity index (χ4n) is 1.99. The first-order chi connectivity index (χ1) is 11.6. The lowest BCUT2D eigenvalue weighted by Gasteiger charge is -2.08. The molecule has 2 heterocycles. The Kier molecular flexibility index (Phi) is 6.81. The Hall–Kier alpha value is -2.34. The Morgan fingerprint density at radius 1 is 1.29 bits per heavy atom. The van der Waals surface area contributed by atoms with E-state index in [1.807, 2.05) is 37.8 Å². The van der Waals surface area contributed by atoms with Crippen LogP contribution in [0, 0.1) is 12.9 Å². The molecule has 0 unspecified atom stereocenters. The van der Waals surface area contributed by atoms with Crippen LogP contribution in [-0.4, -0.2) is 22.8 Å². The maximum absolute atomic E-state index is 13.2. The number of aromatic nitrogens is 2. The first kappa shape index (κ1) is 18.0. The van der Waals surface area contributed by atoms with Crippen molar-refractivity contribution in [3.63, 3.8) is 0 Å². The third-order valence-corrected chi connectivity index (χ3v) is 4.19. The summed E-state index contributed by atoms with van der Waals surface area (Å²) in [5.41, 5.74) is 3.84. The van der Waals surface area contributed by atoms with Crippen molar-refractivity contribution in [3.8, 4) is 11.1 Å². The monoisotopic (exact) mass is 344 g/mol. The van der Waals surface area contributed by atoms with Crippen LogP contribution < -0.4 is 10.6 Å². The largest absolute Gasteiger partial charge is 0.394 e. The lowest BCUT2D eigenvalue weighted by Crippen LogP contribution is -1.98. The third-order valence-electron chi connectivity index (χ3n) is 3.24. The molecule has 2 aromatic heterocycles. The Morgan fingerprint density at radius 2 is 2.12 bits per heavy atom. The van der Waals surface area contributed by atoms with Gasteiger partial charge in [-0.15, -0.1) is 11.8 Å². The summed E-state index contributed by atoms with van der Waals surface area (Å²) in [6.45, 7) is 4.04. The zero-order valence-electron chi connectivity index (χ0n) is 14.0. The summed E-state index contributed by atoms with van der Waals surface area (Å²) >= 11 is 1.71. The number of halogens is 1. The highest BCUT2D eigenvalue weighted by Gasteiger charge is 2.04. The third kappa shape index (κ3) is 5.38. The van der Waals surface area contributed by atoms with Crippen LogP contribution in [0.5, 0.6) is 0 Å². The molecule has 0 saturated heterocycles. The lowest BCUT2D eigenvalue weighted by molar-refractivity contribution is 0.584. The molecule has 0 aliphatic carbocycles. The highest BCUT2D eigenvalue weighted by molar-refractivity contribution is 8.02. The van der Waals surface area contributed by atoms with Gasteiger partial charge in [-0.1, -0.05) is 0 Å². The molecule has 24 heavy (non-hydrogen) atoms. The summed E-state index contributed by atoms with van der Waals surface area (Å²) in [6, 6.07) is 5.16. The van der Waals surface area contributed by atoms with Gasteiger partial charge in [0.1, 0.15) is 5.82 Å². The second kappa shape index (κ2) is 9.08. The van der Waals surface area contributed by atoms with Crippen LogP contribution in [0.25, 0.3) is 11.1 Å². The van der Waals surface area contributed by atoms with Gasteiger partial charge in [-0.25, -0.2) is 9.97 Å². The Bertz CT molecular complexity index is 744. The molecule has 0 spiro atoms. The van der Waals surface area contributed by atoms with E-state index in [9.17, 15) is 4.39 Å². The average molecular weight is 344 g/mol. The van der Waals surface area contributed by atoms with Crippen molar-refractivity contribution >= 4 is 17.6 Å². The predicted octanol–water partition coefficient (Wildman–Crippen LogP) is 4.33. The van der Waals surface area contributed by atoms with Gasteiger partial charge in [0.25, 0.3) is 0 Å². The minimum Gasteiger partial charge on any atom is -0.394 e. The van der Waals surface area contributed by atoms with Crippen molar-refractivity contribution in [2.24, 2.45) is 0 Å². The second-order valence-corrected chi connectivity index (χ2v) is 6.19. The molecule has 0 radical (unpaired) electrons. The second-order valence-electron chi connectivity index (χ2n) is 5.29. The van der Waals surface area contributed by atoms with E-state index < -0.39 is 5.95 Å². The first-order valence-corrected chi connectivity index (χ1v) is 8.59. The number of nitrogens with one attached hydrogen (secondary N) is 2. The van der Waals surface area contributed by atoms with E-state index >= 15 is 0 Å². The van der Waals surface area contributed by atoms with Crippen LogP contribution in [0.3, 0.4) is 0 Å². The van der Waals surface area contributed by atoms with Gasteiger partial charge in [0.05, 0.1) is 0 Å². The van der Waals surface area contributed by atoms with Gasteiger partial charge in [0.2, 0.25) is 5.95 Å². The van der Waals surface area contributed by atoms with Crippen LogP contribution >= 0.6 is 11.8 Å². The number of anilines is 1. The van der Waals surface area contributed by atoms with Gasteiger partial charge < -0.3 is 10.6 Å². The van der Waals surface area contributed by atoms with Gasteiger partial charge in [-0.2, -0.15) is 4.39 Å². The normalized spacial score (nSPS) is 11.8. The van der Waals surface area contributed by atoms with Gasteiger partial charge in [0, 0.05) is 49.2 Å². The van der Waals surface area contributed by atoms with E-state index in [4.69, 9.17) is 0 Å². The summed E-state index contributed by atoms with van der Waals surface area (Å²) in [6.07, 6.45) is 7.05. The number of rotatable bonds is 7. The molecule has 0 saturated carbocycles. The maximum atomic E-state index is 13.2. The highest BCUT2D eigenvalue weighted by atomic mass is 32.2. The Balaban J connectivity index is 2.03. The van der Waals surface area contributed by atoms with Crippen LogP contribution in [0.4, 0.5) is 10.2 Å². The van der Waals surface area contributed by atoms with E-state index in [2.05, 4.69) is 27.5 Å². The summed E-state index contributed by atoms with van der Waals surface area (Å²) in [5.74, 6) is 1.21. The molecule has 0 aliphatic rings. The summed E-state index contributed by atoms with van der Waals surface area (Å²) in [5, 5.41) is 8.20. The van der Waals surface area contributed by atoms with Crippen LogP contribution in [0.2, 0.25) is 0 Å². The smallest absolute Gasteiger partial charge is 0.213 e. The van der Waals surface area contributed by atoms with E-state index in [-0.39, 0.29) is 0 Å². The molecule has 0 aliphatic heterocycles. The quantitative estimate of drug-likeness (QED) is 0.732. The number of aryl methyl sites for hydroxylation is 1. The Labute approximate surface area is 146 Å². The number of nitrogens with zero attached hydrogens (tertiary/aromatic N) is 2. The predicted molar refractivity (Wildman–Crippen MR) is 100 cm³/mol. The van der Waals surface area contributed by atoms with E-state index in [0.717, 1.165) is 28.3 Å². The van der Waals surface area contributed by atoms with Crippen LogP contribution in [-0.2, 0) is 0 Å². The fourth-order valence-corrected chi connectivity index (χ4v) is 2.67. The standard InChI is InChI=1S/C18H21FN4S/c1-13(12-24-7-6-20-3)10-22-18-14(2)8-16(11-23-18)15-4-5-21-17(19)9-15/h4-11,20H,12H2,1-3H3,(H,22,23)/b7-6-,13-10+. The summed E-state index contributed by atoms with van der Waals surface area (Å²) in [4.78, 5) is 8.01. The number of thioether (sulfide) groups is 1. The summed E-state index contributed by atoms with van der Waals surface area (Å²) < 4.78 is 13.2. The highest BCUT2D eigenvalue weighted by Crippen LogP contribution is 2.23. The SMILES string of the molecule is CN/C=C\SC/C(C)=C/Nc1ncc(-c2ccnc(F)c2)cc1C. The first-order valence-electron chi connectivity index (χ1n) is 7.55. The molecular formula is C18H21FN4S. The van der Waals surface area contributed by atoms with Crippen molar-refractivity contribution in [1.29, 1.82) is 0 Å². The molecule has 0 fully saturated rings. The summed E-state index contributed by atoms with van der Waals surface area (Å²) in [7, 11) is 1.87. The van der Waals surface area contributed by atoms with Crippen molar-refractivity contribution in [3.05, 3.63) is 65.5 Å². The molecule has 2 rings (SSSR count). The molecule has 4 nitrogen and oxygen atoms in total. The minimum atomic E-state index is -0.490. The van der Waals surface area contributed by atoms with Crippen molar-refractivity contribution in [2.75, 3.05) is 18.1 Å². The maximum Gasteiger partial charge on any atom is 0.213 e. The lowest BCUT2D eigenvalue weighted by atomic mass is 10.1. The molecular weight excluding hydrogens is 323 g/mol. The van der Waals surface area contributed by atoms with Crippen LogP contribution in [0.1, 0.15) is 12.5 Å². The fraction of sp³-hybridized carbons (Fsp3) is 0.222. The molecule has 0 amide bonds. The van der Waals surface area contributed by atoms with Crippen LogP contribution in [0.15, 0.2) is 54.0 Å². The molecule has 126 valence electrons. The molecule has 0 aromatic carbocycles. The van der Waals surface area contributed by atoms with Gasteiger partial charge in [0.15, 0.2) is 0 Å². The molecule has 2 N–H and O–H groups in total. The van der Waals surface area contributed by atoms with Gasteiger partial charge in [-0.05, 0) is 48.1 Å². The number of pyridine rings is 2. The number of hydrogen-bond acceptors (Lipinski definition) is 5.